The first-order chi connectivity index (χ1) is 17.0. The molecule has 0 spiro atoms. The van der Waals surface area contributed by atoms with Crippen LogP contribution in [0.4, 0.5) is 10.1 Å². The first kappa shape index (κ1) is 25.1. The van der Waals surface area contributed by atoms with Crippen LogP contribution in [0.2, 0.25) is 5.02 Å². The lowest BCUT2D eigenvalue weighted by Crippen LogP contribution is -2.50. The Morgan fingerprint density at radius 1 is 1.22 bits per heavy atom. The maximum Gasteiger partial charge on any atom is 0.251 e. The Morgan fingerprint density at radius 2 is 2.00 bits per heavy atom. The molecule has 2 amide bonds. The van der Waals surface area contributed by atoms with E-state index >= 15 is 0 Å². The lowest BCUT2D eigenvalue weighted by atomic mass is 10.1. The van der Waals surface area contributed by atoms with Crippen LogP contribution in [0.1, 0.15) is 38.3 Å². The topological polar surface area (TPSA) is 119 Å². The number of nitrogens with one attached hydrogen (secondary N) is 1. The SMILES string of the molecule is Cc1ccc(-c2nnn(CC(=O)N(c3ccc(F)c(Cl)c3)[C@@H](C(=O)NC(C)(C)C)c3ccco3)n2)o1. The molecular weight excluding hydrogens is 491 g/mol. The molecule has 0 aliphatic heterocycles. The highest BCUT2D eigenvalue weighted by Gasteiger charge is 2.37. The van der Waals surface area contributed by atoms with Gasteiger partial charge in [0.15, 0.2) is 11.8 Å². The summed E-state index contributed by atoms with van der Waals surface area (Å²) in [7, 11) is 0. The van der Waals surface area contributed by atoms with Crippen LogP contribution in [-0.2, 0) is 16.1 Å². The van der Waals surface area contributed by atoms with E-state index in [2.05, 4.69) is 20.7 Å². The summed E-state index contributed by atoms with van der Waals surface area (Å²) in [6, 6.07) is 9.12. The Kier molecular flexibility index (Phi) is 6.93. The quantitative estimate of drug-likeness (QED) is 0.390. The third-order valence-corrected chi connectivity index (χ3v) is 5.25. The number of nitrogens with zero attached hydrogens (tertiary/aromatic N) is 5. The van der Waals surface area contributed by atoms with Crippen LogP contribution in [0.25, 0.3) is 11.6 Å². The number of hydrogen-bond donors (Lipinski definition) is 1. The Labute approximate surface area is 211 Å². The second kappa shape index (κ2) is 9.94. The Morgan fingerprint density at radius 3 is 2.61 bits per heavy atom. The van der Waals surface area contributed by atoms with Gasteiger partial charge in [-0.25, -0.2) is 4.39 Å². The van der Waals surface area contributed by atoms with E-state index in [1.807, 2.05) is 20.8 Å². The molecule has 0 saturated carbocycles. The monoisotopic (exact) mass is 514 g/mol. The van der Waals surface area contributed by atoms with E-state index in [0.29, 0.717) is 11.5 Å². The number of benzene rings is 1. The van der Waals surface area contributed by atoms with Gasteiger partial charge in [0, 0.05) is 11.2 Å². The molecular formula is C24H24ClFN6O4. The number of rotatable bonds is 7. The van der Waals surface area contributed by atoms with Crippen LogP contribution in [0, 0.1) is 12.7 Å². The molecule has 0 saturated heterocycles. The number of aromatic nitrogens is 4. The molecule has 0 unspecified atom stereocenters. The van der Waals surface area contributed by atoms with Crippen molar-refractivity contribution in [3.8, 4) is 11.6 Å². The van der Waals surface area contributed by atoms with Crippen LogP contribution in [0.15, 0.2) is 57.6 Å². The number of halogens is 2. The van der Waals surface area contributed by atoms with Gasteiger partial charge < -0.3 is 14.2 Å². The van der Waals surface area contributed by atoms with Crippen LogP contribution >= 0.6 is 11.6 Å². The zero-order valence-electron chi connectivity index (χ0n) is 20.0. The van der Waals surface area contributed by atoms with Crippen molar-refractivity contribution in [1.29, 1.82) is 0 Å². The van der Waals surface area contributed by atoms with Gasteiger partial charge in [-0.2, -0.15) is 4.80 Å². The molecule has 0 bridgehead atoms. The average molecular weight is 515 g/mol. The maximum absolute atomic E-state index is 14.0. The van der Waals surface area contributed by atoms with Crippen molar-refractivity contribution >= 4 is 29.1 Å². The molecule has 1 atom stereocenters. The van der Waals surface area contributed by atoms with Crippen LogP contribution in [0.3, 0.4) is 0 Å². The fourth-order valence-electron chi connectivity index (χ4n) is 3.49. The zero-order valence-corrected chi connectivity index (χ0v) is 20.8. The number of anilines is 1. The lowest BCUT2D eigenvalue weighted by Gasteiger charge is -2.32. The number of carbonyl (C=O) groups excluding carboxylic acids is 2. The molecule has 1 N–H and O–H groups in total. The number of furan rings is 2. The number of tetrazole rings is 1. The standard InChI is InChI=1S/C24H24ClFN6O4/c1-14-7-10-19(36-14)22-28-30-31(29-22)13-20(33)32(15-8-9-17(26)16(25)12-15)21(18-6-5-11-35-18)23(34)27-24(2,3)4/h5-12,21H,13H2,1-4H3,(H,27,34)/t21-/m1/s1. The number of hydrogen-bond acceptors (Lipinski definition) is 7. The second-order valence-electron chi connectivity index (χ2n) is 9.07. The summed E-state index contributed by atoms with van der Waals surface area (Å²) >= 11 is 6.02. The Hall–Kier alpha value is -3.99. The van der Waals surface area contributed by atoms with E-state index in [9.17, 15) is 14.0 Å². The van der Waals surface area contributed by atoms with Crippen LogP contribution < -0.4 is 10.2 Å². The smallest absolute Gasteiger partial charge is 0.251 e. The molecule has 1 aromatic carbocycles. The van der Waals surface area contributed by atoms with Crippen LogP contribution in [0.5, 0.6) is 0 Å². The lowest BCUT2D eigenvalue weighted by molar-refractivity contribution is -0.128. The fourth-order valence-corrected chi connectivity index (χ4v) is 3.67. The zero-order chi connectivity index (χ0) is 26.0. The third-order valence-electron chi connectivity index (χ3n) is 4.96. The molecule has 0 aliphatic carbocycles. The van der Waals surface area contributed by atoms with Crippen molar-refractivity contribution in [2.24, 2.45) is 0 Å². The van der Waals surface area contributed by atoms with Crippen molar-refractivity contribution in [2.45, 2.75) is 45.8 Å². The summed E-state index contributed by atoms with van der Waals surface area (Å²) in [5, 5.41) is 14.7. The van der Waals surface area contributed by atoms with Gasteiger partial charge in [-0.05, 0) is 75.4 Å². The summed E-state index contributed by atoms with van der Waals surface area (Å²) in [6.45, 7) is 6.81. The highest BCUT2D eigenvalue weighted by molar-refractivity contribution is 6.31. The molecule has 188 valence electrons. The normalized spacial score (nSPS) is 12.4. The largest absolute Gasteiger partial charge is 0.467 e. The molecule has 0 aliphatic rings. The molecule has 3 aromatic heterocycles. The van der Waals surface area contributed by atoms with Gasteiger partial charge in [-0.1, -0.05) is 11.6 Å². The van der Waals surface area contributed by atoms with Crippen molar-refractivity contribution in [1.82, 2.24) is 25.5 Å². The van der Waals surface area contributed by atoms with Gasteiger partial charge in [-0.3, -0.25) is 14.5 Å². The molecule has 10 nitrogen and oxygen atoms in total. The minimum atomic E-state index is -1.23. The van der Waals surface area contributed by atoms with Crippen molar-refractivity contribution in [2.75, 3.05) is 4.90 Å². The predicted molar refractivity (Wildman–Crippen MR) is 128 cm³/mol. The molecule has 4 aromatic rings. The predicted octanol–water partition coefficient (Wildman–Crippen LogP) is 4.32. The maximum atomic E-state index is 14.0. The number of amides is 2. The molecule has 0 radical (unpaired) electrons. The van der Waals surface area contributed by atoms with E-state index in [-0.39, 0.29) is 28.8 Å². The van der Waals surface area contributed by atoms with E-state index in [0.717, 1.165) is 10.9 Å². The van der Waals surface area contributed by atoms with Gasteiger partial charge in [0.1, 0.15) is 23.9 Å². The highest BCUT2D eigenvalue weighted by Crippen LogP contribution is 2.32. The summed E-state index contributed by atoms with van der Waals surface area (Å²) in [6.07, 6.45) is 1.39. The minimum absolute atomic E-state index is 0.179. The summed E-state index contributed by atoms with van der Waals surface area (Å²) < 4.78 is 25.0. The van der Waals surface area contributed by atoms with Gasteiger partial charge >= 0.3 is 0 Å². The Balaban J connectivity index is 1.73. The van der Waals surface area contributed by atoms with Crippen molar-refractivity contribution in [3.63, 3.8) is 0 Å². The molecule has 3 heterocycles. The summed E-state index contributed by atoms with van der Waals surface area (Å²) in [5.41, 5.74) is -0.431. The molecule has 0 fully saturated rings. The number of aryl methyl sites for hydroxylation is 1. The van der Waals surface area contributed by atoms with Gasteiger partial charge in [0.25, 0.3) is 11.8 Å². The highest BCUT2D eigenvalue weighted by atomic mass is 35.5. The minimum Gasteiger partial charge on any atom is -0.467 e. The number of carbonyl (C=O) groups is 2. The first-order valence-electron chi connectivity index (χ1n) is 11.0. The molecule has 36 heavy (non-hydrogen) atoms. The summed E-state index contributed by atoms with van der Waals surface area (Å²) in [5.74, 6) is -0.316. The van der Waals surface area contributed by atoms with Gasteiger partial charge in [0.05, 0.1) is 11.3 Å². The molecule has 12 heteroatoms. The van der Waals surface area contributed by atoms with Crippen LogP contribution in [-0.4, -0.2) is 37.6 Å². The fraction of sp³-hybridized carbons (Fsp3) is 0.292. The first-order valence-corrected chi connectivity index (χ1v) is 11.4. The second-order valence-corrected chi connectivity index (χ2v) is 9.48. The average Bonchev–Trinajstić information content (AvgIpc) is 3.55. The third kappa shape index (κ3) is 5.62. The van der Waals surface area contributed by atoms with E-state index < -0.39 is 29.2 Å². The van der Waals surface area contributed by atoms with Crippen molar-refractivity contribution in [3.05, 3.63) is 71.1 Å². The van der Waals surface area contributed by atoms with Gasteiger partial charge in [-0.15, -0.1) is 10.2 Å². The van der Waals surface area contributed by atoms with Crippen molar-refractivity contribution < 1.29 is 22.8 Å². The molecule has 4 rings (SSSR count). The van der Waals surface area contributed by atoms with E-state index in [4.69, 9.17) is 20.4 Å². The van der Waals surface area contributed by atoms with Gasteiger partial charge in [0.2, 0.25) is 5.82 Å². The van der Waals surface area contributed by atoms with E-state index in [1.165, 1.54) is 23.3 Å². The Bertz CT molecular complexity index is 1380. The summed E-state index contributed by atoms with van der Waals surface area (Å²) in [4.78, 5) is 29.4. The van der Waals surface area contributed by atoms with E-state index in [1.54, 1.807) is 31.2 Å².